The van der Waals surface area contributed by atoms with Gasteiger partial charge in [-0.1, -0.05) is 24.3 Å². The Bertz CT molecular complexity index is 594. The first-order valence-electron chi connectivity index (χ1n) is 10.1. The van der Waals surface area contributed by atoms with Gasteiger partial charge in [0, 0.05) is 39.3 Å². The molecule has 2 saturated heterocycles. The van der Waals surface area contributed by atoms with Crippen molar-refractivity contribution < 1.29 is 14.3 Å². The maximum Gasteiger partial charge on any atom is 0.234 e. The van der Waals surface area contributed by atoms with Crippen molar-refractivity contribution >= 4 is 5.91 Å². The molecule has 0 spiro atoms. The number of hydrogen-bond donors (Lipinski definition) is 2. The van der Waals surface area contributed by atoms with Crippen LogP contribution in [-0.4, -0.2) is 61.9 Å². The summed E-state index contributed by atoms with van der Waals surface area (Å²) in [5, 5.41) is 6.23. The minimum atomic E-state index is 0.0245. The number of nitrogens with one attached hydrogen (secondary N) is 2. The zero-order valence-electron chi connectivity index (χ0n) is 16.6. The topological polar surface area (TPSA) is 62.8 Å². The quantitative estimate of drug-likeness (QED) is 0.724. The summed E-state index contributed by atoms with van der Waals surface area (Å²) in [6.45, 7) is 9.51. The summed E-state index contributed by atoms with van der Waals surface area (Å²) >= 11 is 0. The van der Waals surface area contributed by atoms with Gasteiger partial charge in [-0.05, 0) is 37.8 Å². The summed E-state index contributed by atoms with van der Waals surface area (Å²) in [6.07, 6.45) is 2.99. The Hall–Kier alpha value is -1.47. The molecule has 2 heterocycles. The molecule has 27 heavy (non-hydrogen) atoms. The minimum Gasteiger partial charge on any atom is -0.377 e. The van der Waals surface area contributed by atoms with Crippen LogP contribution in [0.25, 0.3) is 0 Å². The molecule has 2 aliphatic heterocycles. The van der Waals surface area contributed by atoms with E-state index in [1.807, 2.05) is 6.07 Å². The van der Waals surface area contributed by atoms with Crippen LogP contribution < -0.4 is 10.6 Å². The van der Waals surface area contributed by atoms with Crippen LogP contribution >= 0.6 is 0 Å². The Morgan fingerprint density at radius 2 is 1.93 bits per heavy atom. The molecule has 0 radical (unpaired) electrons. The molecule has 6 heteroatoms. The maximum absolute atomic E-state index is 12.1. The molecule has 0 saturated carbocycles. The van der Waals surface area contributed by atoms with Gasteiger partial charge in [-0.3, -0.25) is 9.69 Å². The molecule has 2 fully saturated rings. The van der Waals surface area contributed by atoms with Crippen LogP contribution in [0, 0.1) is 0 Å². The lowest BCUT2D eigenvalue weighted by molar-refractivity contribution is -0.120. The molecule has 0 bridgehead atoms. The number of amides is 1. The van der Waals surface area contributed by atoms with Gasteiger partial charge in [0.25, 0.3) is 0 Å². The van der Waals surface area contributed by atoms with Gasteiger partial charge in [0.2, 0.25) is 5.91 Å². The SMILES string of the molecule is CC1CN(Cc2ccccc2CNC(=O)CNCC2CCCO2)CC(C)O1. The van der Waals surface area contributed by atoms with Gasteiger partial charge in [-0.2, -0.15) is 0 Å². The van der Waals surface area contributed by atoms with Crippen LogP contribution in [0.1, 0.15) is 37.8 Å². The van der Waals surface area contributed by atoms with E-state index in [4.69, 9.17) is 9.47 Å². The average Bonchev–Trinajstić information content (AvgIpc) is 3.13. The van der Waals surface area contributed by atoms with Crippen molar-refractivity contribution in [3.05, 3.63) is 35.4 Å². The second kappa shape index (κ2) is 10.2. The summed E-state index contributed by atoms with van der Waals surface area (Å²) in [5.41, 5.74) is 2.45. The lowest BCUT2D eigenvalue weighted by Crippen LogP contribution is -2.45. The van der Waals surface area contributed by atoms with Gasteiger partial charge in [0.05, 0.1) is 24.9 Å². The van der Waals surface area contributed by atoms with Crippen LogP contribution in [0.15, 0.2) is 24.3 Å². The van der Waals surface area contributed by atoms with Crippen LogP contribution in [0.3, 0.4) is 0 Å². The number of benzene rings is 1. The second-order valence-electron chi connectivity index (χ2n) is 7.76. The lowest BCUT2D eigenvalue weighted by Gasteiger charge is -2.35. The van der Waals surface area contributed by atoms with Crippen molar-refractivity contribution in [1.29, 1.82) is 0 Å². The highest BCUT2D eigenvalue weighted by Crippen LogP contribution is 2.17. The van der Waals surface area contributed by atoms with Crippen molar-refractivity contribution in [2.45, 2.75) is 58.1 Å². The van der Waals surface area contributed by atoms with Gasteiger partial charge in [-0.15, -0.1) is 0 Å². The van der Waals surface area contributed by atoms with Crippen LogP contribution in [0.2, 0.25) is 0 Å². The first-order chi connectivity index (χ1) is 13.1. The molecule has 3 unspecified atom stereocenters. The van der Waals surface area contributed by atoms with Crippen molar-refractivity contribution in [1.82, 2.24) is 15.5 Å². The standard InChI is InChI=1S/C21H33N3O3/c1-16-13-24(14-17(2)27-16)15-19-7-4-3-6-18(19)10-23-21(25)12-22-11-20-8-5-9-26-20/h3-4,6-7,16-17,20,22H,5,8-15H2,1-2H3,(H,23,25). The number of carbonyl (C=O) groups is 1. The Balaban J connectivity index is 1.44. The molecule has 1 aromatic rings. The summed E-state index contributed by atoms with van der Waals surface area (Å²) in [6, 6.07) is 8.35. The summed E-state index contributed by atoms with van der Waals surface area (Å²) in [4.78, 5) is 14.6. The highest BCUT2D eigenvalue weighted by atomic mass is 16.5. The predicted octanol–water partition coefficient (Wildman–Crippen LogP) is 1.68. The number of rotatable bonds is 8. The number of hydrogen-bond acceptors (Lipinski definition) is 5. The van der Waals surface area contributed by atoms with Gasteiger partial charge in [0.15, 0.2) is 0 Å². The van der Waals surface area contributed by atoms with Gasteiger partial charge >= 0.3 is 0 Å². The summed E-state index contributed by atoms with van der Waals surface area (Å²) < 4.78 is 11.4. The van der Waals surface area contributed by atoms with Crippen LogP contribution in [0.4, 0.5) is 0 Å². The number of morpholine rings is 1. The largest absolute Gasteiger partial charge is 0.377 e. The number of nitrogens with zero attached hydrogens (tertiary/aromatic N) is 1. The first-order valence-corrected chi connectivity index (χ1v) is 10.1. The third-order valence-electron chi connectivity index (χ3n) is 5.17. The van der Waals surface area contributed by atoms with E-state index < -0.39 is 0 Å². The molecule has 6 nitrogen and oxygen atoms in total. The first kappa shape index (κ1) is 20.3. The normalized spacial score (nSPS) is 26.2. The Kier molecular flexibility index (Phi) is 7.64. The third-order valence-corrected chi connectivity index (χ3v) is 5.17. The molecule has 1 aromatic carbocycles. The van der Waals surface area contributed by atoms with Crippen LogP contribution in [0.5, 0.6) is 0 Å². The average molecular weight is 376 g/mol. The van der Waals surface area contributed by atoms with E-state index in [2.05, 4.69) is 47.6 Å². The highest BCUT2D eigenvalue weighted by Gasteiger charge is 2.22. The molecular formula is C21H33N3O3. The molecule has 0 aliphatic carbocycles. The number of carbonyl (C=O) groups excluding carboxylic acids is 1. The van der Waals surface area contributed by atoms with E-state index in [1.165, 1.54) is 11.1 Å². The molecule has 3 atom stereocenters. The van der Waals surface area contributed by atoms with Crippen molar-refractivity contribution in [2.24, 2.45) is 0 Å². The highest BCUT2D eigenvalue weighted by molar-refractivity contribution is 5.78. The Morgan fingerprint density at radius 1 is 1.19 bits per heavy atom. The summed E-state index contributed by atoms with van der Waals surface area (Å²) in [7, 11) is 0. The summed E-state index contributed by atoms with van der Waals surface area (Å²) in [5.74, 6) is 0.0245. The van der Waals surface area contributed by atoms with Gasteiger partial charge < -0.3 is 20.1 Å². The predicted molar refractivity (Wildman–Crippen MR) is 105 cm³/mol. The van der Waals surface area contributed by atoms with E-state index in [1.54, 1.807) is 0 Å². The van der Waals surface area contributed by atoms with E-state index in [9.17, 15) is 4.79 Å². The molecule has 3 rings (SSSR count). The monoisotopic (exact) mass is 375 g/mol. The third kappa shape index (κ3) is 6.57. The molecule has 0 aromatic heterocycles. The van der Waals surface area contributed by atoms with E-state index >= 15 is 0 Å². The zero-order valence-corrected chi connectivity index (χ0v) is 16.6. The Morgan fingerprint density at radius 3 is 2.63 bits per heavy atom. The van der Waals surface area contributed by atoms with Crippen molar-refractivity contribution in [2.75, 3.05) is 32.8 Å². The molecule has 150 valence electrons. The molecule has 2 N–H and O–H groups in total. The molecule has 2 aliphatic rings. The fourth-order valence-electron chi connectivity index (χ4n) is 3.95. The van der Waals surface area contributed by atoms with Gasteiger partial charge in [-0.25, -0.2) is 0 Å². The maximum atomic E-state index is 12.1. The van der Waals surface area contributed by atoms with Gasteiger partial charge in [0.1, 0.15) is 0 Å². The van der Waals surface area contributed by atoms with E-state index in [-0.39, 0.29) is 24.2 Å². The fraction of sp³-hybridized carbons (Fsp3) is 0.667. The van der Waals surface area contributed by atoms with Crippen LogP contribution in [-0.2, 0) is 27.4 Å². The second-order valence-corrected chi connectivity index (χ2v) is 7.76. The fourth-order valence-corrected chi connectivity index (χ4v) is 3.95. The van der Waals surface area contributed by atoms with Crippen molar-refractivity contribution in [3.63, 3.8) is 0 Å². The molecule has 1 amide bonds. The van der Waals surface area contributed by atoms with E-state index in [0.717, 1.165) is 45.6 Å². The Labute approximate surface area is 162 Å². The number of ether oxygens (including phenoxy) is 2. The minimum absolute atomic E-state index is 0.0245. The molecular weight excluding hydrogens is 342 g/mol. The smallest absolute Gasteiger partial charge is 0.234 e. The zero-order chi connectivity index (χ0) is 19.1. The lowest BCUT2D eigenvalue weighted by atomic mass is 10.1. The van der Waals surface area contributed by atoms with E-state index in [0.29, 0.717) is 13.1 Å². The van der Waals surface area contributed by atoms with Crippen molar-refractivity contribution in [3.8, 4) is 0 Å².